The summed E-state index contributed by atoms with van der Waals surface area (Å²) < 4.78 is 3.66. The number of nitrogens with two attached hydrogens (primary N) is 1. The van der Waals surface area contributed by atoms with Crippen molar-refractivity contribution in [2.75, 3.05) is 16.9 Å². The van der Waals surface area contributed by atoms with Gasteiger partial charge in [-0.15, -0.1) is 10.2 Å². The molecule has 0 bridgehead atoms. The fourth-order valence-electron chi connectivity index (χ4n) is 2.20. The van der Waals surface area contributed by atoms with Gasteiger partial charge < -0.3 is 11.2 Å². The molecule has 0 aliphatic heterocycles. The molecule has 3 N–H and O–H groups in total. The number of nitrogens with zero attached hydrogens (tertiary/aromatic N) is 3. The van der Waals surface area contributed by atoms with E-state index in [9.17, 15) is 4.79 Å². The number of hydrogen-bond donors (Lipinski definition) is 2. The van der Waals surface area contributed by atoms with Gasteiger partial charge in [0.05, 0.1) is 16.5 Å². The van der Waals surface area contributed by atoms with Crippen molar-refractivity contribution in [2.45, 2.75) is 5.16 Å². The molecule has 28 heavy (non-hydrogen) atoms. The zero-order chi connectivity index (χ0) is 20.4. The molecule has 0 unspecified atom stereocenters. The van der Waals surface area contributed by atoms with Crippen molar-refractivity contribution in [1.29, 1.82) is 0 Å². The van der Waals surface area contributed by atoms with E-state index in [4.69, 9.17) is 29.0 Å². The maximum Gasteiger partial charge on any atom is 0.234 e. The summed E-state index contributed by atoms with van der Waals surface area (Å²) in [5.74, 6) is 6.33. The summed E-state index contributed by atoms with van der Waals surface area (Å²) in [6, 6.07) is 8.67. The third-order valence-corrected chi connectivity index (χ3v) is 6.64. The molecule has 2 aromatic carbocycles. The Balaban J connectivity index is 1.70. The lowest BCUT2D eigenvalue weighted by Gasteiger charge is -2.10. The van der Waals surface area contributed by atoms with Gasteiger partial charge in [0.2, 0.25) is 11.1 Å². The van der Waals surface area contributed by atoms with Crippen molar-refractivity contribution >= 4 is 94.3 Å². The molecule has 1 heterocycles. The molecule has 0 aliphatic carbocycles. The number of nitrogen functional groups attached to an aromatic ring is 1. The van der Waals surface area contributed by atoms with Gasteiger partial charge in [-0.2, -0.15) is 0 Å². The van der Waals surface area contributed by atoms with E-state index in [-0.39, 0.29) is 11.7 Å². The van der Waals surface area contributed by atoms with E-state index in [1.807, 2.05) is 12.1 Å². The third-order valence-electron chi connectivity index (χ3n) is 3.44. The number of carbonyl (C=O) groups excluding carboxylic acids is 1. The molecular weight excluding hydrogens is 621 g/mol. The molecule has 0 aliphatic rings. The van der Waals surface area contributed by atoms with Crippen LogP contribution in [0.2, 0.25) is 10.0 Å². The van der Waals surface area contributed by atoms with Crippen molar-refractivity contribution in [1.82, 2.24) is 14.9 Å². The Morgan fingerprint density at radius 2 is 1.82 bits per heavy atom. The number of aromatic nitrogens is 3. The van der Waals surface area contributed by atoms with E-state index < -0.39 is 0 Å². The number of benzene rings is 2. The highest BCUT2D eigenvalue weighted by Gasteiger charge is 2.17. The minimum Gasteiger partial charge on any atom is -0.335 e. The van der Waals surface area contributed by atoms with E-state index in [0.717, 1.165) is 25.2 Å². The average molecular weight is 631 g/mol. The molecule has 3 aromatic rings. The minimum absolute atomic E-state index is 0.0959. The number of carbonyl (C=O) groups is 1. The molecule has 0 saturated heterocycles. The van der Waals surface area contributed by atoms with Crippen LogP contribution in [-0.2, 0) is 4.79 Å². The summed E-state index contributed by atoms with van der Waals surface area (Å²) in [6.45, 7) is 0. The summed E-state index contributed by atoms with van der Waals surface area (Å²) >= 11 is 23.5. The van der Waals surface area contributed by atoms with Gasteiger partial charge in [0.15, 0.2) is 5.82 Å². The van der Waals surface area contributed by atoms with Crippen LogP contribution in [0.25, 0.3) is 11.4 Å². The summed E-state index contributed by atoms with van der Waals surface area (Å²) in [5, 5.41) is 12.2. The number of nitrogens with one attached hydrogen (secondary N) is 1. The number of thioether (sulfide) groups is 1. The summed E-state index contributed by atoms with van der Waals surface area (Å²) in [7, 11) is 0. The van der Waals surface area contributed by atoms with Gasteiger partial charge in [0, 0.05) is 24.0 Å². The van der Waals surface area contributed by atoms with Crippen molar-refractivity contribution in [2.24, 2.45) is 0 Å². The molecule has 6 nitrogen and oxygen atoms in total. The number of rotatable bonds is 5. The van der Waals surface area contributed by atoms with Gasteiger partial charge in [0.1, 0.15) is 0 Å². The van der Waals surface area contributed by atoms with Gasteiger partial charge >= 0.3 is 0 Å². The third kappa shape index (κ3) is 5.03. The zero-order valence-electron chi connectivity index (χ0n) is 13.7. The van der Waals surface area contributed by atoms with Crippen molar-refractivity contribution in [3.63, 3.8) is 0 Å². The molecule has 146 valence electrons. The second kappa shape index (κ2) is 9.36. The van der Waals surface area contributed by atoms with Crippen LogP contribution in [0.1, 0.15) is 0 Å². The maximum atomic E-state index is 12.3. The molecule has 1 amide bonds. The van der Waals surface area contributed by atoms with E-state index >= 15 is 0 Å². The lowest BCUT2D eigenvalue weighted by atomic mass is 10.2. The first kappa shape index (κ1) is 21.9. The topological polar surface area (TPSA) is 85.8 Å². The van der Waals surface area contributed by atoms with Crippen molar-refractivity contribution in [3.05, 3.63) is 53.8 Å². The lowest BCUT2D eigenvalue weighted by molar-refractivity contribution is -0.113. The van der Waals surface area contributed by atoms with E-state index in [0.29, 0.717) is 32.3 Å². The Kier molecular flexibility index (Phi) is 7.32. The number of halogens is 5. The van der Waals surface area contributed by atoms with Crippen LogP contribution in [0, 0.1) is 0 Å². The molecule has 12 heteroatoms. The van der Waals surface area contributed by atoms with E-state index in [2.05, 4.69) is 63.3 Å². The second-order valence-electron chi connectivity index (χ2n) is 5.38. The monoisotopic (exact) mass is 627 g/mol. The summed E-state index contributed by atoms with van der Waals surface area (Å²) in [4.78, 5) is 12.3. The van der Waals surface area contributed by atoms with Crippen LogP contribution in [0.3, 0.4) is 0 Å². The first-order valence-electron chi connectivity index (χ1n) is 7.49. The zero-order valence-corrected chi connectivity index (χ0v) is 20.8. The fourth-order valence-corrected chi connectivity index (χ4v) is 5.80. The molecule has 0 saturated carbocycles. The molecular formula is C16H10Br3Cl2N5OS. The van der Waals surface area contributed by atoms with Crippen LogP contribution in [-0.4, -0.2) is 26.5 Å². The van der Waals surface area contributed by atoms with Crippen molar-refractivity contribution < 1.29 is 4.79 Å². The average Bonchev–Trinajstić information content (AvgIpc) is 2.97. The minimum atomic E-state index is -0.220. The number of anilines is 1. The van der Waals surface area contributed by atoms with Crippen LogP contribution < -0.4 is 11.2 Å². The molecule has 0 radical (unpaired) electrons. The first-order valence-corrected chi connectivity index (χ1v) is 11.6. The maximum absolute atomic E-state index is 12.3. The predicted octanol–water partition coefficient (Wildman–Crippen LogP) is 5.98. The van der Waals surface area contributed by atoms with Crippen LogP contribution in [0.4, 0.5) is 5.69 Å². The van der Waals surface area contributed by atoms with E-state index in [1.165, 1.54) is 4.68 Å². The highest BCUT2D eigenvalue weighted by atomic mass is 79.9. The van der Waals surface area contributed by atoms with Gasteiger partial charge in [-0.3, -0.25) is 4.79 Å². The van der Waals surface area contributed by atoms with Crippen LogP contribution in [0.15, 0.2) is 48.9 Å². The highest BCUT2D eigenvalue weighted by molar-refractivity contribution is 9.11. The smallest absolute Gasteiger partial charge is 0.234 e. The molecule has 0 spiro atoms. The molecule has 0 fully saturated rings. The first-order chi connectivity index (χ1) is 13.3. The number of amides is 1. The predicted molar refractivity (Wildman–Crippen MR) is 125 cm³/mol. The van der Waals surface area contributed by atoms with Crippen molar-refractivity contribution in [3.8, 4) is 11.4 Å². The standard InChI is InChI=1S/C16H10Br3Cl2N5OS/c17-7-3-10(18)14(11(19)4-7)23-13(27)6-28-16-25-24-15(26(16)22)9-2-1-8(20)5-12(9)21/h1-5H,6,22H2,(H,23,27). The van der Waals surface area contributed by atoms with Gasteiger partial charge in [0.25, 0.3) is 0 Å². The number of hydrogen-bond acceptors (Lipinski definition) is 5. The highest BCUT2D eigenvalue weighted by Crippen LogP contribution is 2.35. The van der Waals surface area contributed by atoms with Crippen LogP contribution >= 0.6 is 82.8 Å². The molecule has 1 aromatic heterocycles. The summed E-state index contributed by atoms with van der Waals surface area (Å²) in [5.41, 5.74) is 1.23. The molecule has 0 atom stereocenters. The second-order valence-corrected chi connectivity index (χ2v) is 9.79. The lowest BCUT2D eigenvalue weighted by Crippen LogP contribution is -2.17. The normalized spacial score (nSPS) is 10.9. The van der Waals surface area contributed by atoms with Gasteiger partial charge in [-0.25, -0.2) is 4.68 Å². The summed E-state index contributed by atoms with van der Waals surface area (Å²) in [6.07, 6.45) is 0. The van der Waals surface area contributed by atoms with Gasteiger partial charge in [-0.1, -0.05) is 50.9 Å². The van der Waals surface area contributed by atoms with Gasteiger partial charge in [-0.05, 0) is 62.2 Å². The Bertz CT molecular complexity index is 1040. The fraction of sp³-hybridized carbons (Fsp3) is 0.0625. The Hall–Kier alpha value is -0.780. The Labute approximate surface area is 199 Å². The van der Waals surface area contributed by atoms with E-state index in [1.54, 1.807) is 18.2 Å². The molecule has 3 rings (SSSR count). The SMILES string of the molecule is Nn1c(SCC(=O)Nc2c(Br)cc(Br)cc2Br)nnc1-c1ccc(Cl)cc1Cl. The van der Waals surface area contributed by atoms with Crippen LogP contribution in [0.5, 0.6) is 0 Å². The Morgan fingerprint density at radius 1 is 1.14 bits per heavy atom. The largest absolute Gasteiger partial charge is 0.335 e. The quantitative estimate of drug-likeness (QED) is 0.268. The Morgan fingerprint density at radius 3 is 2.46 bits per heavy atom.